The molecule has 0 aromatic carbocycles. The van der Waals surface area contributed by atoms with Gasteiger partial charge in [-0.2, -0.15) is 5.10 Å². The van der Waals surface area contributed by atoms with Crippen LogP contribution in [0.25, 0.3) is 0 Å². The number of aromatic nitrogens is 2. The Morgan fingerprint density at radius 1 is 1.44 bits per heavy atom. The molecule has 1 heterocycles. The quantitative estimate of drug-likeness (QED) is 0.802. The Morgan fingerprint density at radius 2 is 2.00 bits per heavy atom. The number of likely N-dealkylation sites (N-methyl/N-ethyl adjacent to an activating group) is 1. The highest BCUT2D eigenvalue weighted by Crippen LogP contribution is 2.30. The SMILES string of the molecule is CC(C)c1nn(C)c(N(C)C(C)CO)c1N. The van der Waals surface area contributed by atoms with Crippen molar-refractivity contribution in [3.8, 4) is 0 Å². The minimum absolute atomic E-state index is 0.0257. The first-order valence-electron chi connectivity index (χ1n) is 5.56. The number of hydrogen-bond acceptors (Lipinski definition) is 4. The van der Waals surface area contributed by atoms with Crippen LogP contribution in [0, 0.1) is 0 Å². The molecule has 0 saturated heterocycles. The second-order valence-corrected chi connectivity index (χ2v) is 4.54. The zero-order chi connectivity index (χ0) is 12.5. The molecule has 1 aromatic heterocycles. The van der Waals surface area contributed by atoms with E-state index in [0.717, 1.165) is 11.5 Å². The summed E-state index contributed by atoms with van der Waals surface area (Å²) in [6.07, 6.45) is 0. The van der Waals surface area contributed by atoms with Crippen molar-refractivity contribution >= 4 is 11.5 Å². The lowest BCUT2D eigenvalue weighted by molar-refractivity contribution is 0.269. The van der Waals surface area contributed by atoms with E-state index in [4.69, 9.17) is 10.8 Å². The van der Waals surface area contributed by atoms with Crippen LogP contribution < -0.4 is 10.6 Å². The second kappa shape index (κ2) is 4.74. The van der Waals surface area contributed by atoms with E-state index in [-0.39, 0.29) is 12.6 Å². The van der Waals surface area contributed by atoms with E-state index in [2.05, 4.69) is 18.9 Å². The highest BCUT2D eigenvalue weighted by molar-refractivity contribution is 5.67. The molecule has 16 heavy (non-hydrogen) atoms. The zero-order valence-electron chi connectivity index (χ0n) is 10.7. The van der Waals surface area contributed by atoms with Gasteiger partial charge < -0.3 is 15.7 Å². The minimum atomic E-state index is 0.0257. The van der Waals surface area contributed by atoms with Crippen molar-refractivity contribution in [2.75, 3.05) is 24.3 Å². The highest BCUT2D eigenvalue weighted by atomic mass is 16.3. The van der Waals surface area contributed by atoms with Crippen LogP contribution in [0.5, 0.6) is 0 Å². The van der Waals surface area contributed by atoms with Gasteiger partial charge in [-0.3, -0.25) is 4.68 Å². The lowest BCUT2D eigenvalue weighted by atomic mass is 10.1. The fourth-order valence-corrected chi connectivity index (χ4v) is 1.73. The molecule has 1 unspecified atom stereocenters. The molecule has 1 aromatic rings. The number of aryl methyl sites for hydroxylation is 1. The second-order valence-electron chi connectivity index (χ2n) is 4.54. The molecule has 0 saturated carbocycles. The Hall–Kier alpha value is -1.23. The molecule has 0 fully saturated rings. The maximum Gasteiger partial charge on any atom is 0.150 e. The minimum Gasteiger partial charge on any atom is -0.394 e. The summed E-state index contributed by atoms with van der Waals surface area (Å²) >= 11 is 0. The van der Waals surface area contributed by atoms with Gasteiger partial charge in [0.1, 0.15) is 5.82 Å². The summed E-state index contributed by atoms with van der Waals surface area (Å²) in [5.41, 5.74) is 7.71. The van der Waals surface area contributed by atoms with Crippen molar-refractivity contribution in [1.29, 1.82) is 0 Å². The summed E-state index contributed by atoms with van der Waals surface area (Å²) in [4.78, 5) is 1.95. The number of nitrogens with zero attached hydrogens (tertiary/aromatic N) is 3. The maximum absolute atomic E-state index is 9.15. The number of aliphatic hydroxyl groups is 1. The predicted molar refractivity (Wildman–Crippen MR) is 66.7 cm³/mol. The summed E-state index contributed by atoms with van der Waals surface area (Å²) in [6, 6.07) is 0.0257. The topological polar surface area (TPSA) is 67.3 Å². The van der Waals surface area contributed by atoms with Crippen LogP contribution in [0.3, 0.4) is 0 Å². The van der Waals surface area contributed by atoms with Gasteiger partial charge in [-0.1, -0.05) is 13.8 Å². The summed E-state index contributed by atoms with van der Waals surface area (Å²) in [5.74, 6) is 1.17. The van der Waals surface area contributed by atoms with Crippen LogP contribution in [0.2, 0.25) is 0 Å². The van der Waals surface area contributed by atoms with Crippen LogP contribution in [-0.4, -0.2) is 34.6 Å². The van der Waals surface area contributed by atoms with E-state index in [9.17, 15) is 0 Å². The van der Waals surface area contributed by atoms with E-state index in [1.165, 1.54) is 0 Å². The zero-order valence-corrected chi connectivity index (χ0v) is 10.7. The monoisotopic (exact) mass is 226 g/mol. The van der Waals surface area contributed by atoms with Crippen molar-refractivity contribution in [3.05, 3.63) is 5.69 Å². The van der Waals surface area contributed by atoms with Gasteiger partial charge in [-0.25, -0.2) is 0 Å². The van der Waals surface area contributed by atoms with Crippen LogP contribution >= 0.6 is 0 Å². The van der Waals surface area contributed by atoms with Gasteiger partial charge in [-0.15, -0.1) is 0 Å². The molecule has 0 aliphatic carbocycles. The van der Waals surface area contributed by atoms with Crippen molar-refractivity contribution in [2.45, 2.75) is 32.7 Å². The molecule has 0 aliphatic heterocycles. The average Bonchev–Trinajstić information content (AvgIpc) is 2.52. The Kier molecular flexibility index (Phi) is 3.80. The Bertz CT molecular complexity index is 359. The Morgan fingerprint density at radius 3 is 2.38 bits per heavy atom. The molecule has 5 heteroatoms. The first kappa shape index (κ1) is 12.8. The molecule has 1 rings (SSSR count). The normalized spacial score (nSPS) is 13.2. The van der Waals surface area contributed by atoms with Gasteiger partial charge in [0.05, 0.1) is 24.0 Å². The maximum atomic E-state index is 9.15. The van der Waals surface area contributed by atoms with Crippen LogP contribution in [-0.2, 0) is 7.05 Å². The van der Waals surface area contributed by atoms with Crippen LogP contribution in [0.15, 0.2) is 0 Å². The molecular weight excluding hydrogens is 204 g/mol. The number of hydrogen-bond donors (Lipinski definition) is 2. The fraction of sp³-hybridized carbons (Fsp3) is 0.727. The molecule has 5 nitrogen and oxygen atoms in total. The van der Waals surface area contributed by atoms with Gasteiger partial charge in [0.25, 0.3) is 0 Å². The fourth-order valence-electron chi connectivity index (χ4n) is 1.73. The molecule has 0 spiro atoms. The molecule has 0 aliphatic rings. The van der Waals surface area contributed by atoms with E-state index < -0.39 is 0 Å². The molecule has 92 valence electrons. The summed E-state index contributed by atoms with van der Waals surface area (Å²) in [7, 11) is 3.79. The first-order valence-corrected chi connectivity index (χ1v) is 5.56. The summed E-state index contributed by atoms with van der Waals surface area (Å²) in [5, 5.41) is 13.6. The number of nitrogens with two attached hydrogens (primary N) is 1. The van der Waals surface area contributed by atoms with Crippen molar-refractivity contribution in [1.82, 2.24) is 9.78 Å². The van der Waals surface area contributed by atoms with Crippen LogP contribution in [0.4, 0.5) is 11.5 Å². The molecule has 1 atom stereocenters. The van der Waals surface area contributed by atoms with Crippen molar-refractivity contribution in [3.63, 3.8) is 0 Å². The predicted octanol–water partition coefficient (Wildman–Crippen LogP) is 0.943. The first-order chi connectivity index (χ1) is 7.40. The Labute approximate surface area is 96.9 Å². The number of rotatable bonds is 4. The number of anilines is 2. The molecule has 3 N–H and O–H groups in total. The number of aliphatic hydroxyl groups excluding tert-OH is 1. The third-order valence-electron chi connectivity index (χ3n) is 2.89. The van der Waals surface area contributed by atoms with E-state index >= 15 is 0 Å². The van der Waals surface area contributed by atoms with Gasteiger partial charge >= 0.3 is 0 Å². The van der Waals surface area contributed by atoms with Gasteiger partial charge in [0.15, 0.2) is 0 Å². The third-order valence-corrected chi connectivity index (χ3v) is 2.89. The summed E-state index contributed by atoms with van der Waals surface area (Å²) in [6.45, 7) is 6.18. The molecule has 0 amide bonds. The Balaban J connectivity index is 3.14. The standard InChI is InChI=1S/C11H22N4O/c1-7(2)10-9(12)11(15(5)13-10)14(4)8(3)6-16/h7-8,16H,6,12H2,1-5H3. The van der Waals surface area contributed by atoms with E-state index in [1.807, 2.05) is 25.9 Å². The van der Waals surface area contributed by atoms with E-state index in [1.54, 1.807) is 4.68 Å². The average molecular weight is 226 g/mol. The van der Waals surface area contributed by atoms with Crippen molar-refractivity contribution in [2.24, 2.45) is 7.05 Å². The van der Waals surface area contributed by atoms with Crippen molar-refractivity contribution < 1.29 is 5.11 Å². The highest BCUT2D eigenvalue weighted by Gasteiger charge is 2.21. The summed E-state index contributed by atoms with van der Waals surface area (Å²) < 4.78 is 1.77. The number of nitrogen functional groups attached to an aromatic ring is 1. The lowest BCUT2D eigenvalue weighted by Crippen LogP contribution is -2.33. The largest absolute Gasteiger partial charge is 0.394 e. The van der Waals surface area contributed by atoms with Crippen LogP contribution in [0.1, 0.15) is 32.4 Å². The lowest BCUT2D eigenvalue weighted by Gasteiger charge is -2.25. The smallest absolute Gasteiger partial charge is 0.150 e. The molecule has 0 bridgehead atoms. The van der Waals surface area contributed by atoms with E-state index in [0.29, 0.717) is 11.6 Å². The third kappa shape index (κ3) is 2.14. The van der Waals surface area contributed by atoms with Gasteiger partial charge in [0.2, 0.25) is 0 Å². The van der Waals surface area contributed by atoms with Gasteiger partial charge in [-0.05, 0) is 12.8 Å². The molecular formula is C11H22N4O. The molecule has 0 radical (unpaired) electrons. The van der Waals surface area contributed by atoms with Gasteiger partial charge in [0, 0.05) is 14.1 Å².